The van der Waals surface area contributed by atoms with Gasteiger partial charge in [0.25, 0.3) is 0 Å². The normalized spacial score (nSPS) is 18.0. The topological polar surface area (TPSA) is 53.9 Å². The quantitative estimate of drug-likeness (QED) is 0.666. The Morgan fingerprint density at radius 3 is 2.52 bits per heavy atom. The predicted molar refractivity (Wildman–Crippen MR) is 79.2 cm³/mol. The number of rotatable bonds is 7. The molecule has 118 valence electrons. The standard InChI is InChI=1S/C17H25NO2.ClH/c1-13(17(20)15-9-3-2-4-10-15)18-12-11-16(19)14-7-5-6-8-14;/h2-4,9-10,13-14,17-18,20H,5-8,11-12H2,1H3;1H. The fraction of sp³-hybridized carbons (Fsp3) is 0.588. The Kier molecular flexibility index (Phi) is 7.94. The van der Waals surface area contributed by atoms with Gasteiger partial charge in [-0.2, -0.15) is 0 Å². The number of carbonyl (C=O) groups excluding carboxylic acids is 1. The van der Waals surface area contributed by atoms with Crippen molar-refractivity contribution in [3.8, 4) is 0 Å². The van der Waals surface area contributed by atoms with Crippen LogP contribution in [0.1, 0.15) is 50.7 Å². The summed E-state index contributed by atoms with van der Waals surface area (Å²) >= 11 is 0. The maximum atomic E-state index is 12.0. The molecule has 1 aliphatic carbocycles. The van der Waals surface area contributed by atoms with Crippen molar-refractivity contribution in [3.63, 3.8) is 0 Å². The van der Waals surface area contributed by atoms with Crippen LogP contribution in [0.2, 0.25) is 0 Å². The number of carbonyl (C=O) groups is 1. The van der Waals surface area contributed by atoms with Crippen molar-refractivity contribution in [1.82, 2.24) is 0 Å². The summed E-state index contributed by atoms with van der Waals surface area (Å²) in [7, 11) is 0. The van der Waals surface area contributed by atoms with Gasteiger partial charge in [0.05, 0.1) is 13.0 Å². The number of nitrogens with two attached hydrogens (primary N) is 1. The SMILES string of the molecule is CC([NH2+]CCC(=O)C1CCCC1)C(O)c1ccccc1.[Cl-]. The van der Waals surface area contributed by atoms with Gasteiger partial charge >= 0.3 is 0 Å². The van der Waals surface area contributed by atoms with E-state index in [-0.39, 0.29) is 18.4 Å². The second-order valence-electron chi connectivity index (χ2n) is 5.94. The first-order chi connectivity index (χ1) is 9.68. The molecule has 3 nitrogen and oxygen atoms in total. The molecule has 4 heteroatoms. The molecule has 1 fully saturated rings. The van der Waals surface area contributed by atoms with E-state index in [4.69, 9.17) is 0 Å². The molecule has 0 saturated heterocycles. The molecule has 0 bridgehead atoms. The van der Waals surface area contributed by atoms with Crippen LogP contribution in [-0.4, -0.2) is 23.5 Å². The van der Waals surface area contributed by atoms with Crippen molar-refractivity contribution >= 4 is 5.78 Å². The maximum Gasteiger partial charge on any atom is 0.141 e. The van der Waals surface area contributed by atoms with Gasteiger partial charge in [0.2, 0.25) is 0 Å². The molecule has 1 saturated carbocycles. The van der Waals surface area contributed by atoms with Gasteiger partial charge in [0.1, 0.15) is 17.9 Å². The van der Waals surface area contributed by atoms with Gasteiger partial charge in [-0.05, 0) is 25.3 Å². The fourth-order valence-corrected chi connectivity index (χ4v) is 3.02. The molecule has 3 N–H and O–H groups in total. The average molecular weight is 312 g/mol. The highest BCUT2D eigenvalue weighted by molar-refractivity contribution is 5.81. The predicted octanol–water partition coefficient (Wildman–Crippen LogP) is -1.17. The van der Waals surface area contributed by atoms with Crippen LogP contribution in [0.15, 0.2) is 30.3 Å². The van der Waals surface area contributed by atoms with E-state index in [0.717, 1.165) is 24.9 Å². The minimum atomic E-state index is -0.474. The molecule has 1 aromatic rings. The van der Waals surface area contributed by atoms with E-state index < -0.39 is 6.10 Å². The van der Waals surface area contributed by atoms with Gasteiger partial charge in [-0.25, -0.2) is 0 Å². The zero-order valence-corrected chi connectivity index (χ0v) is 13.4. The van der Waals surface area contributed by atoms with Crippen LogP contribution >= 0.6 is 0 Å². The minimum Gasteiger partial charge on any atom is -1.00 e. The molecule has 0 aliphatic heterocycles. The second-order valence-corrected chi connectivity index (χ2v) is 5.94. The molecule has 2 rings (SSSR count). The molecule has 1 aliphatic rings. The molecular weight excluding hydrogens is 286 g/mol. The van der Waals surface area contributed by atoms with Crippen molar-refractivity contribution in [2.45, 2.75) is 51.2 Å². The molecule has 1 aromatic carbocycles. The lowest BCUT2D eigenvalue weighted by Crippen LogP contribution is -3.00. The number of aliphatic hydroxyl groups is 1. The highest BCUT2D eigenvalue weighted by Crippen LogP contribution is 2.26. The third kappa shape index (κ3) is 5.42. The lowest BCUT2D eigenvalue weighted by atomic mass is 9.99. The Bertz CT molecular complexity index is 418. The lowest BCUT2D eigenvalue weighted by molar-refractivity contribution is -0.693. The summed E-state index contributed by atoms with van der Waals surface area (Å²) in [5, 5.41) is 12.3. The van der Waals surface area contributed by atoms with Crippen LogP contribution in [-0.2, 0) is 4.79 Å². The van der Waals surface area contributed by atoms with Gasteiger partial charge < -0.3 is 22.8 Å². The molecule has 0 spiro atoms. The Balaban J connectivity index is 0.00000220. The van der Waals surface area contributed by atoms with Crippen LogP contribution in [0.4, 0.5) is 0 Å². The van der Waals surface area contributed by atoms with Gasteiger partial charge in [0, 0.05) is 5.92 Å². The molecule has 0 heterocycles. The lowest BCUT2D eigenvalue weighted by Gasteiger charge is -2.18. The summed E-state index contributed by atoms with van der Waals surface area (Å²) in [6, 6.07) is 9.79. The van der Waals surface area contributed by atoms with Crippen LogP contribution in [0, 0.1) is 5.92 Å². The Morgan fingerprint density at radius 2 is 1.90 bits per heavy atom. The Labute approximate surface area is 133 Å². The average Bonchev–Trinajstić information content (AvgIpc) is 3.01. The second kappa shape index (κ2) is 9.19. The first-order valence-corrected chi connectivity index (χ1v) is 7.77. The van der Waals surface area contributed by atoms with E-state index in [9.17, 15) is 9.90 Å². The molecule has 2 unspecified atom stereocenters. The zero-order valence-electron chi connectivity index (χ0n) is 12.7. The monoisotopic (exact) mass is 311 g/mol. The van der Waals surface area contributed by atoms with Crippen molar-refractivity contribution in [3.05, 3.63) is 35.9 Å². The summed E-state index contributed by atoms with van der Waals surface area (Å²) in [5.41, 5.74) is 0.943. The zero-order chi connectivity index (χ0) is 14.4. The molecule has 2 atom stereocenters. The molecular formula is C17H26ClNO2. The number of benzene rings is 1. The number of quaternary nitrogens is 1. The summed E-state index contributed by atoms with van der Waals surface area (Å²) in [4.78, 5) is 12.0. The molecule has 0 amide bonds. The van der Waals surface area contributed by atoms with Crippen LogP contribution in [0.3, 0.4) is 0 Å². The third-order valence-corrected chi connectivity index (χ3v) is 4.38. The highest BCUT2D eigenvalue weighted by atomic mass is 35.5. The summed E-state index contributed by atoms with van der Waals surface area (Å²) < 4.78 is 0. The van der Waals surface area contributed by atoms with Crippen molar-refractivity contribution in [2.75, 3.05) is 6.54 Å². The highest BCUT2D eigenvalue weighted by Gasteiger charge is 2.24. The number of hydrogen-bond donors (Lipinski definition) is 2. The van der Waals surface area contributed by atoms with Gasteiger partial charge in [-0.1, -0.05) is 43.2 Å². The van der Waals surface area contributed by atoms with Gasteiger partial charge in [-0.3, -0.25) is 4.79 Å². The van der Waals surface area contributed by atoms with Crippen LogP contribution < -0.4 is 17.7 Å². The van der Waals surface area contributed by atoms with E-state index >= 15 is 0 Å². The molecule has 0 radical (unpaired) electrons. The molecule has 0 aromatic heterocycles. The largest absolute Gasteiger partial charge is 1.00 e. The summed E-state index contributed by atoms with van der Waals surface area (Å²) in [5.74, 6) is 0.734. The Hall–Kier alpha value is -0.900. The number of hydrogen-bond acceptors (Lipinski definition) is 2. The fourth-order valence-electron chi connectivity index (χ4n) is 3.02. The molecule has 21 heavy (non-hydrogen) atoms. The Morgan fingerprint density at radius 1 is 1.29 bits per heavy atom. The van der Waals surface area contributed by atoms with E-state index in [1.54, 1.807) is 0 Å². The van der Waals surface area contributed by atoms with Crippen molar-refractivity contribution < 1.29 is 27.6 Å². The van der Waals surface area contributed by atoms with Gasteiger partial charge in [0.15, 0.2) is 0 Å². The van der Waals surface area contributed by atoms with Crippen LogP contribution in [0.5, 0.6) is 0 Å². The first kappa shape index (κ1) is 18.1. The number of ketones is 1. The first-order valence-electron chi connectivity index (χ1n) is 7.77. The minimum absolute atomic E-state index is 0. The number of halogens is 1. The third-order valence-electron chi connectivity index (χ3n) is 4.38. The maximum absolute atomic E-state index is 12.0. The van der Waals surface area contributed by atoms with E-state index in [1.165, 1.54) is 12.8 Å². The summed E-state index contributed by atoms with van der Waals surface area (Å²) in [6.07, 6.45) is 4.75. The summed E-state index contributed by atoms with van der Waals surface area (Å²) in [6.45, 7) is 2.79. The number of aliphatic hydroxyl groups excluding tert-OH is 1. The van der Waals surface area contributed by atoms with E-state index in [1.807, 2.05) is 37.3 Å². The van der Waals surface area contributed by atoms with Crippen LogP contribution in [0.25, 0.3) is 0 Å². The van der Waals surface area contributed by atoms with Gasteiger partial charge in [-0.15, -0.1) is 0 Å². The van der Waals surface area contributed by atoms with Crippen molar-refractivity contribution in [2.24, 2.45) is 5.92 Å². The van der Waals surface area contributed by atoms with E-state index in [2.05, 4.69) is 5.32 Å². The van der Waals surface area contributed by atoms with E-state index in [0.29, 0.717) is 18.1 Å². The number of Topliss-reactive ketones (excluding diaryl/α,β-unsaturated/α-hetero) is 1. The smallest absolute Gasteiger partial charge is 0.141 e. The van der Waals surface area contributed by atoms with Crippen molar-refractivity contribution in [1.29, 1.82) is 0 Å².